The fourth-order valence-electron chi connectivity index (χ4n) is 3.13. The van der Waals surface area contributed by atoms with Crippen molar-refractivity contribution >= 4 is 17.8 Å². The van der Waals surface area contributed by atoms with Crippen molar-refractivity contribution < 1.29 is 19.5 Å². The van der Waals surface area contributed by atoms with Crippen molar-refractivity contribution in [2.75, 3.05) is 0 Å². The molecular formula is C16H29N3O4. The van der Waals surface area contributed by atoms with E-state index in [1.165, 1.54) is 0 Å². The minimum Gasteiger partial charge on any atom is -0.481 e. The van der Waals surface area contributed by atoms with Crippen LogP contribution in [0, 0.1) is 16.7 Å². The largest absolute Gasteiger partial charge is 0.481 e. The Kier molecular flexibility index (Phi) is 5.79. The number of aliphatic carboxylic acids is 1. The van der Waals surface area contributed by atoms with Crippen LogP contribution in [-0.4, -0.2) is 35.1 Å². The molecule has 1 fully saturated rings. The van der Waals surface area contributed by atoms with Crippen LogP contribution in [0.3, 0.4) is 0 Å². The molecule has 4 atom stereocenters. The highest BCUT2D eigenvalue weighted by atomic mass is 16.4. The Morgan fingerprint density at radius 3 is 2.26 bits per heavy atom. The Morgan fingerprint density at radius 1 is 1.26 bits per heavy atom. The van der Waals surface area contributed by atoms with Crippen molar-refractivity contribution in [1.82, 2.24) is 10.6 Å². The summed E-state index contributed by atoms with van der Waals surface area (Å²) in [6.45, 7) is 9.93. The van der Waals surface area contributed by atoms with Crippen molar-refractivity contribution in [1.29, 1.82) is 0 Å². The van der Waals surface area contributed by atoms with Crippen molar-refractivity contribution in [3.05, 3.63) is 0 Å². The number of carbonyl (C=O) groups is 3. The standard InChI is InChI=1S/C16H29N3O4/c1-9-6-7-16(5,15(9,3)4)14(23)19-10(2)18-13(22)11(17)8-12(20)21/h9-11H,6-8,17H2,1-5H3,(H,18,22)(H,19,23)(H,20,21)/t9?,10-,11-,16?/m0/s1. The molecule has 2 unspecified atom stereocenters. The zero-order chi connectivity index (χ0) is 18.0. The van der Waals surface area contributed by atoms with Crippen molar-refractivity contribution in [2.45, 2.75) is 66.1 Å². The number of carbonyl (C=O) groups excluding carboxylic acids is 2. The van der Waals surface area contributed by atoms with E-state index in [-0.39, 0.29) is 11.3 Å². The van der Waals surface area contributed by atoms with Gasteiger partial charge in [-0.25, -0.2) is 0 Å². The highest BCUT2D eigenvalue weighted by molar-refractivity contribution is 5.87. The predicted molar refractivity (Wildman–Crippen MR) is 86.3 cm³/mol. The van der Waals surface area contributed by atoms with Gasteiger partial charge < -0.3 is 21.5 Å². The summed E-state index contributed by atoms with van der Waals surface area (Å²) in [5.41, 5.74) is 4.86. The van der Waals surface area contributed by atoms with E-state index in [0.29, 0.717) is 5.92 Å². The third-order valence-corrected chi connectivity index (χ3v) is 5.67. The lowest BCUT2D eigenvalue weighted by molar-refractivity contribution is -0.140. The highest BCUT2D eigenvalue weighted by Gasteiger charge is 2.54. The smallest absolute Gasteiger partial charge is 0.305 e. The van der Waals surface area contributed by atoms with Gasteiger partial charge in [-0.1, -0.05) is 27.7 Å². The predicted octanol–water partition coefficient (Wildman–Crippen LogP) is 0.829. The van der Waals surface area contributed by atoms with Crippen LogP contribution in [0.15, 0.2) is 0 Å². The molecule has 7 nitrogen and oxygen atoms in total. The first kappa shape index (κ1) is 19.4. The second-order valence-corrected chi connectivity index (χ2v) is 7.40. The Labute approximate surface area is 137 Å². The van der Waals surface area contributed by atoms with E-state index in [9.17, 15) is 14.4 Å². The normalized spacial score (nSPS) is 28.7. The van der Waals surface area contributed by atoms with Gasteiger partial charge in [-0.15, -0.1) is 0 Å². The first-order valence-corrected chi connectivity index (χ1v) is 8.00. The second kappa shape index (κ2) is 6.86. The summed E-state index contributed by atoms with van der Waals surface area (Å²) in [6, 6.07) is -1.13. The van der Waals surface area contributed by atoms with Gasteiger partial charge in [0.25, 0.3) is 0 Å². The summed E-state index contributed by atoms with van der Waals surface area (Å²) in [6.07, 6.45) is 0.723. The van der Waals surface area contributed by atoms with Crippen molar-refractivity contribution in [3.8, 4) is 0 Å². The molecule has 0 aromatic carbocycles. The molecule has 0 radical (unpaired) electrons. The molecule has 0 spiro atoms. The lowest BCUT2D eigenvalue weighted by Crippen LogP contribution is -2.56. The van der Waals surface area contributed by atoms with Gasteiger partial charge in [0.15, 0.2) is 0 Å². The fourth-order valence-corrected chi connectivity index (χ4v) is 3.13. The number of rotatable bonds is 6. The number of hydrogen-bond acceptors (Lipinski definition) is 4. The molecule has 1 aliphatic carbocycles. The van der Waals surface area contributed by atoms with Crippen LogP contribution in [0.25, 0.3) is 0 Å². The van der Waals surface area contributed by atoms with E-state index in [1.807, 2.05) is 6.92 Å². The van der Waals surface area contributed by atoms with Crippen LogP contribution in [0.2, 0.25) is 0 Å². The third-order valence-electron chi connectivity index (χ3n) is 5.67. The van der Waals surface area contributed by atoms with Gasteiger partial charge in [0.05, 0.1) is 24.0 Å². The lowest BCUT2D eigenvalue weighted by Gasteiger charge is -2.40. The fraction of sp³-hybridized carbons (Fsp3) is 0.812. The molecule has 0 heterocycles. The molecule has 0 aromatic heterocycles. The number of nitrogens with one attached hydrogen (secondary N) is 2. The molecule has 0 saturated heterocycles. The van der Waals surface area contributed by atoms with E-state index >= 15 is 0 Å². The Bertz CT molecular complexity index is 492. The number of nitrogens with two attached hydrogens (primary N) is 1. The molecule has 1 saturated carbocycles. The summed E-state index contributed by atoms with van der Waals surface area (Å²) in [4.78, 5) is 35.0. The van der Waals surface area contributed by atoms with Crippen LogP contribution in [0.1, 0.15) is 53.9 Å². The van der Waals surface area contributed by atoms with E-state index in [2.05, 4.69) is 31.4 Å². The van der Waals surface area contributed by atoms with Gasteiger partial charge in [-0.2, -0.15) is 0 Å². The first-order valence-electron chi connectivity index (χ1n) is 8.00. The van der Waals surface area contributed by atoms with Crippen LogP contribution in [0.4, 0.5) is 0 Å². The minimum absolute atomic E-state index is 0.105. The van der Waals surface area contributed by atoms with E-state index in [4.69, 9.17) is 10.8 Å². The molecular weight excluding hydrogens is 298 g/mol. The molecule has 23 heavy (non-hydrogen) atoms. The van der Waals surface area contributed by atoms with Gasteiger partial charge in [0.2, 0.25) is 11.8 Å². The number of carboxylic acids is 1. The molecule has 1 rings (SSSR count). The van der Waals surface area contributed by atoms with Crippen molar-refractivity contribution in [3.63, 3.8) is 0 Å². The quantitative estimate of drug-likeness (QED) is 0.538. The maximum Gasteiger partial charge on any atom is 0.305 e. The lowest BCUT2D eigenvalue weighted by atomic mass is 9.65. The zero-order valence-corrected chi connectivity index (χ0v) is 14.6. The van der Waals surface area contributed by atoms with Crippen LogP contribution >= 0.6 is 0 Å². The summed E-state index contributed by atoms with van der Waals surface area (Å²) in [7, 11) is 0. The maximum atomic E-state index is 12.7. The SMILES string of the molecule is CC1CCC(C)(C(=O)N[C@@H](C)NC(=O)[C@@H](N)CC(=O)O)C1(C)C. The molecule has 2 amide bonds. The summed E-state index contributed by atoms with van der Waals surface area (Å²) >= 11 is 0. The average Bonchev–Trinajstić information content (AvgIpc) is 2.62. The Hall–Kier alpha value is -1.63. The van der Waals surface area contributed by atoms with E-state index < -0.39 is 35.9 Å². The van der Waals surface area contributed by atoms with Crippen LogP contribution in [-0.2, 0) is 14.4 Å². The maximum absolute atomic E-state index is 12.7. The van der Waals surface area contributed by atoms with Crippen molar-refractivity contribution in [2.24, 2.45) is 22.5 Å². The number of amides is 2. The van der Waals surface area contributed by atoms with Gasteiger partial charge in [-0.05, 0) is 31.1 Å². The molecule has 7 heteroatoms. The average molecular weight is 327 g/mol. The summed E-state index contributed by atoms with van der Waals surface area (Å²) < 4.78 is 0. The number of hydrogen-bond donors (Lipinski definition) is 4. The van der Waals surface area contributed by atoms with Gasteiger partial charge in [0.1, 0.15) is 0 Å². The Balaban J connectivity index is 2.64. The molecule has 0 aliphatic heterocycles. The van der Waals surface area contributed by atoms with E-state index in [0.717, 1.165) is 12.8 Å². The Morgan fingerprint density at radius 2 is 1.83 bits per heavy atom. The first-order chi connectivity index (χ1) is 10.4. The monoisotopic (exact) mass is 327 g/mol. The highest BCUT2D eigenvalue weighted by Crippen LogP contribution is 2.55. The van der Waals surface area contributed by atoms with Crippen LogP contribution in [0.5, 0.6) is 0 Å². The minimum atomic E-state index is -1.14. The second-order valence-electron chi connectivity index (χ2n) is 7.40. The summed E-state index contributed by atoms with van der Waals surface area (Å²) in [5.74, 6) is -1.40. The molecule has 5 N–H and O–H groups in total. The van der Waals surface area contributed by atoms with Gasteiger partial charge in [0, 0.05) is 0 Å². The van der Waals surface area contributed by atoms with Gasteiger partial charge >= 0.3 is 5.97 Å². The molecule has 0 bridgehead atoms. The topological polar surface area (TPSA) is 122 Å². The summed E-state index contributed by atoms with van der Waals surface area (Å²) in [5, 5.41) is 14.0. The van der Waals surface area contributed by atoms with Crippen LogP contribution < -0.4 is 16.4 Å². The molecule has 0 aromatic rings. The third kappa shape index (κ3) is 4.02. The molecule has 132 valence electrons. The number of carboxylic acid groups (broad SMARTS) is 1. The zero-order valence-electron chi connectivity index (χ0n) is 14.6. The van der Waals surface area contributed by atoms with E-state index in [1.54, 1.807) is 6.92 Å². The molecule has 1 aliphatic rings. The van der Waals surface area contributed by atoms with Gasteiger partial charge in [-0.3, -0.25) is 14.4 Å².